The normalized spacial score (nSPS) is 12.4. The van der Waals surface area contributed by atoms with Gasteiger partial charge < -0.3 is 9.97 Å². The molecule has 2 nitrogen and oxygen atoms in total. The standard InChI is InChI=1S/C24H14N2S/c1-3-7-17-15(5-1)21-19(25-17)11-9-13-14-10-12-20-22(24(14)27-23(13)21)16-6-2-4-8-18(16)26-20/h1-12,25-26H. The lowest BCUT2D eigenvalue weighted by atomic mass is 10.1. The number of H-pyrrole nitrogens is 2. The number of thiophene rings is 1. The molecule has 3 heteroatoms. The summed E-state index contributed by atoms with van der Waals surface area (Å²) in [4.78, 5) is 7.15. The minimum Gasteiger partial charge on any atom is -0.354 e. The molecule has 4 aromatic carbocycles. The summed E-state index contributed by atoms with van der Waals surface area (Å²) in [7, 11) is 0. The van der Waals surface area contributed by atoms with Crippen molar-refractivity contribution in [2.75, 3.05) is 0 Å². The second kappa shape index (κ2) is 4.70. The lowest BCUT2D eigenvalue weighted by Gasteiger charge is -1.95. The van der Waals surface area contributed by atoms with E-state index < -0.39 is 0 Å². The monoisotopic (exact) mass is 362 g/mol. The Kier molecular flexibility index (Phi) is 2.41. The molecular weight excluding hydrogens is 348 g/mol. The SMILES string of the molecule is c1ccc2c(c1)[nH]c1ccc3c4ccc5[nH]c6ccccc6c5c4sc3c12. The lowest BCUT2D eigenvalue weighted by Crippen LogP contribution is -1.71. The number of aromatic nitrogens is 2. The van der Waals surface area contributed by atoms with Crippen molar-refractivity contribution in [3.63, 3.8) is 0 Å². The highest BCUT2D eigenvalue weighted by Gasteiger charge is 2.16. The quantitative estimate of drug-likeness (QED) is 0.283. The molecule has 0 fully saturated rings. The zero-order valence-electron chi connectivity index (χ0n) is 14.3. The van der Waals surface area contributed by atoms with Crippen LogP contribution in [0, 0.1) is 0 Å². The van der Waals surface area contributed by atoms with Gasteiger partial charge in [0.1, 0.15) is 0 Å². The van der Waals surface area contributed by atoms with Crippen LogP contribution >= 0.6 is 11.3 Å². The molecule has 27 heavy (non-hydrogen) atoms. The summed E-state index contributed by atoms with van der Waals surface area (Å²) >= 11 is 1.92. The van der Waals surface area contributed by atoms with E-state index >= 15 is 0 Å². The van der Waals surface area contributed by atoms with Crippen molar-refractivity contribution in [2.45, 2.75) is 0 Å². The third kappa shape index (κ3) is 1.65. The van der Waals surface area contributed by atoms with E-state index in [1.807, 2.05) is 11.3 Å². The summed E-state index contributed by atoms with van der Waals surface area (Å²) in [6.45, 7) is 0. The summed E-state index contributed by atoms with van der Waals surface area (Å²) in [5, 5.41) is 7.99. The van der Waals surface area contributed by atoms with E-state index in [1.165, 1.54) is 63.8 Å². The van der Waals surface area contributed by atoms with Crippen LogP contribution in [0.5, 0.6) is 0 Å². The topological polar surface area (TPSA) is 31.6 Å². The van der Waals surface area contributed by atoms with Crippen molar-refractivity contribution in [1.82, 2.24) is 9.97 Å². The first kappa shape index (κ1) is 13.8. The number of rotatable bonds is 0. The Morgan fingerprint density at radius 1 is 0.444 bits per heavy atom. The van der Waals surface area contributed by atoms with Crippen molar-refractivity contribution < 1.29 is 0 Å². The van der Waals surface area contributed by atoms with Crippen LogP contribution in [0.4, 0.5) is 0 Å². The van der Waals surface area contributed by atoms with Gasteiger partial charge in [-0.3, -0.25) is 0 Å². The van der Waals surface area contributed by atoms with E-state index in [9.17, 15) is 0 Å². The molecule has 0 aliphatic heterocycles. The molecule has 0 atom stereocenters. The highest BCUT2D eigenvalue weighted by molar-refractivity contribution is 7.27. The van der Waals surface area contributed by atoms with Crippen LogP contribution in [0.2, 0.25) is 0 Å². The van der Waals surface area contributed by atoms with Gasteiger partial charge in [-0.25, -0.2) is 0 Å². The third-order valence-electron chi connectivity index (χ3n) is 5.74. The van der Waals surface area contributed by atoms with Crippen molar-refractivity contribution >= 4 is 75.1 Å². The second-order valence-corrected chi connectivity index (χ2v) is 8.19. The zero-order chi connectivity index (χ0) is 17.5. The molecule has 0 spiro atoms. The van der Waals surface area contributed by atoms with E-state index in [0.29, 0.717) is 0 Å². The average molecular weight is 362 g/mol. The van der Waals surface area contributed by atoms with Crippen LogP contribution in [0.1, 0.15) is 0 Å². The fraction of sp³-hybridized carbons (Fsp3) is 0. The maximum absolute atomic E-state index is 3.58. The van der Waals surface area contributed by atoms with Crippen LogP contribution in [-0.2, 0) is 0 Å². The van der Waals surface area contributed by atoms with Gasteiger partial charge in [-0.2, -0.15) is 0 Å². The maximum Gasteiger partial charge on any atom is 0.0479 e. The molecule has 0 saturated carbocycles. The Bertz CT molecular complexity index is 1550. The fourth-order valence-corrected chi connectivity index (χ4v) is 5.98. The molecule has 0 saturated heterocycles. The number of hydrogen-bond acceptors (Lipinski definition) is 1. The Morgan fingerprint density at radius 3 is 1.44 bits per heavy atom. The average Bonchev–Trinajstić information content (AvgIpc) is 3.37. The molecule has 0 aliphatic rings. The summed E-state index contributed by atoms with van der Waals surface area (Å²) in [5.41, 5.74) is 4.83. The summed E-state index contributed by atoms with van der Waals surface area (Å²) in [6.07, 6.45) is 0. The number of hydrogen-bond donors (Lipinski definition) is 2. The van der Waals surface area contributed by atoms with Gasteiger partial charge in [-0.05, 0) is 24.3 Å². The van der Waals surface area contributed by atoms with E-state index in [0.717, 1.165) is 0 Å². The molecule has 7 aromatic rings. The van der Waals surface area contributed by atoms with Crippen molar-refractivity contribution in [3.05, 3.63) is 72.8 Å². The third-order valence-corrected chi connectivity index (χ3v) is 7.00. The number of para-hydroxylation sites is 2. The van der Waals surface area contributed by atoms with Crippen LogP contribution in [-0.4, -0.2) is 9.97 Å². The number of nitrogens with one attached hydrogen (secondary N) is 2. The van der Waals surface area contributed by atoms with Crippen LogP contribution < -0.4 is 0 Å². The first-order valence-corrected chi connectivity index (χ1v) is 9.95. The summed E-state index contributed by atoms with van der Waals surface area (Å²) in [6, 6.07) is 26.2. The molecule has 3 aromatic heterocycles. The van der Waals surface area contributed by atoms with Gasteiger partial charge in [-0.15, -0.1) is 11.3 Å². The number of aromatic amines is 2. The van der Waals surface area contributed by atoms with Crippen LogP contribution in [0.15, 0.2) is 72.8 Å². The molecule has 0 bridgehead atoms. The molecule has 0 amide bonds. The van der Waals surface area contributed by atoms with Gasteiger partial charge in [-0.1, -0.05) is 48.5 Å². The minimum atomic E-state index is 1.20. The molecule has 0 aliphatic carbocycles. The Hall–Kier alpha value is -3.30. The van der Waals surface area contributed by atoms with Gasteiger partial charge in [0.05, 0.1) is 0 Å². The smallest absolute Gasteiger partial charge is 0.0479 e. The van der Waals surface area contributed by atoms with Gasteiger partial charge in [0.25, 0.3) is 0 Å². The van der Waals surface area contributed by atoms with Crippen LogP contribution in [0.3, 0.4) is 0 Å². The second-order valence-electron chi connectivity index (χ2n) is 7.17. The summed E-state index contributed by atoms with van der Waals surface area (Å²) in [5.74, 6) is 0. The lowest BCUT2D eigenvalue weighted by molar-refractivity contribution is 1.55. The molecular formula is C24H14N2S. The highest BCUT2D eigenvalue weighted by Crippen LogP contribution is 2.44. The molecule has 7 rings (SSSR count). The van der Waals surface area contributed by atoms with Gasteiger partial charge in [0.2, 0.25) is 0 Å². The van der Waals surface area contributed by atoms with E-state index in [4.69, 9.17) is 0 Å². The highest BCUT2D eigenvalue weighted by atomic mass is 32.1. The molecule has 0 radical (unpaired) electrons. The Balaban J connectivity index is 1.78. The first-order valence-electron chi connectivity index (χ1n) is 9.13. The Morgan fingerprint density at radius 2 is 0.926 bits per heavy atom. The Labute approximate surface area is 158 Å². The van der Waals surface area contributed by atoms with Crippen molar-refractivity contribution in [2.24, 2.45) is 0 Å². The van der Waals surface area contributed by atoms with Gasteiger partial charge in [0, 0.05) is 63.8 Å². The first-order chi connectivity index (χ1) is 13.4. The largest absolute Gasteiger partial charge is 0.354 e. The van der Waals surface area contributed by atoms with Crippen molar-refractivity contribution in [1.29, 1.82) is 0 Å². The van der Waals surface area contributed by atoms with Crippen LogP contribution in [0.25, 0.3) is 63.8 Å². The predicted octanol–water partition coefficient (Wildman–Crippen LogP) is 7.32. The summed E-state index contributed by atoms with van der Waals surface area (Å²) < 4.78 is 2.75. The fourth-order valence-electron chi connectivity index (χ4n) is 4.56. The zero-order valence-corrected chi connectivity index (χ0v) is 15.2. The van der Waals surface area contributed by atoms with E-state index in [1.54, 1.807) is 0 Å². The molecule has 2 N–H and O–H groups in total. The van der Waals surface area contributed by atoms with E-state index in [2.05, 4.69) is 82.8 Å². The van der Waals surface area contributed by atoms with Gasteiger partial charge >= 0.3 is 0 Å². The molecule has 3 heterocycles. The number of benzene rings is 4. The van der Waals surface area contributed by atoms with Gasteiger partial charge in [0.15, 0.2) is 0 Å². The molecule has 0 unspecified atom stereocenters. The molecule has 126 valence electrons. The maximum atomic E-state index is 3.58. The van der Waals surface area contributed by atoms with E-state index in [-0.39, 0.29) is 0 Å². The predicted molar refractivity (Wildman–Crippen MR) is 118 cm³/mol. The van der Waals surface area contributed by atoms with Crippen molar-refractivity contribution in [3.8, 4) is 0 Å². The number of fused-ring (bicyclic) bond motifs is 11. The minimum absolute atomic E-state index is 1.20.